The van der Waals surface area contributed by atoms with Crippen LogP contribution in [0, 0.1) is 6.92 Å². The lowest BCUT2D eigenvalue weighted by molar-refractivity contribution is 0.0934. The van der Waals surface area contributed by atoms with Gasteiger partial charge in [-0.2, -0.15) is 0 Å². The first kappa shape index (κ1) is 21.3. The Kier molecular flexibility index (Phi) is 7.55. The maximum absolute atomic E-state index is 12.4. The van der Waals surface area contributed by atoms with Crippen molar-refractivity contribution >= 4 is 79.7 Å². The average molecular weight is 496 g/mol. The van der Waals surface area contributed by atoms with Crippen LogP contribution in [0.1, 0.15) is 15.9 Å². The summed E-state index contributed by atoms with van der Waals surface area (Å²) in [6, 6.07) is 14.4. The van der Waals surface area contributed by atoms with Crippen LogP contribution in [-0.4, -0.2) is 21.0 Å². The molecule has 4 nitrogen and oxygen atoms in total. The molecule has 0 aliphatic carbocycles. The molecule has 9 heteroatoms. The Morgan fingerprint density at radius 3 is 2.35 bits per heavy atom. The molecule has 0 spiro atoms. The highest BCUT2D eigenvalue weighted by Gasteiger charge is 2.34. The number of benzene rings is 2. The molecular weight excluding hydrogens is 481 g/mol. The molecule has 138 valence electrons. The summed E-state index contributed by atoms with van der Waals surface area (Å²) < 4.78 is -0.961. The van der Waals surface area contributed by atoms with E-state index in [2.05, 4.69) is 31.9 Å². The van der Waals surface area contributed by atoms with Gasteiger partial charge in [0, 0.05) is 15.7 Å². The zero-order valence-electron chi connectivity index (χ0n) is 13.5. The molecule has 0 bridgehead atoms. The van der Waals surface area contributed by atoms with Crippen LogP contribution < -0.4 is 16.0 Å². The van der Waals surface area contributed by atoms with Gasteiger partial charge in [-0.3, -0.25) is 4.79 Å². The van der Waals surface area contributed by atoms with Gasteiger partial charge in [-0.1, -0.05) is 62.9 Å². The van der Waals surface area contributed by atoms with Gasteiger partial charge in [0.1, 0.15) is 6.17 Å². The zero-order valence-corrected chi connectivity index (χ0v) is 18.2. The van der Waals surface area contributed by atoms with Gasteiger partial charge < -0.3 is 16.0 Å². The smallest absolute Gasteiger partial charge is 0.252 e. The van der Waals surface area contributed by atoms with Crippen molar-refractivity contribution in [2.45, 2.75) is 16.9 Å². The molecule has 2 aromatic rings. The van der Waals surface area contributed by atoms with Crippen molar-refractivity contribution < 1.29 is 4.79 Å². The first-order chi connectivity index (χ1) is 12.1. The van der Waals surface area contributed by atoms with Crippen molar-refractivity contribution in [1.29, 1.82) is 0 Å². The van der Waals surface area contributed by atoms with Crippen molar-refractivity contribution in [1.82, 2.24) is 10.6 Å². The van der Waals surface area contributed by atoms with E-state index in [-0.39, 0.29) is 5.11 Å². The lowest BCUT2D eigenvalue weighted by atomic mass is 10.2. The molecule has 0 saturated heterocycles. The number of hydrogen-bond donors (Lipinski definition) is 3. The van der Waals surface area contributed by atoms with Gasteiger partial charge in [0.2, 0.25) is 3.79 Å². The van der Waals surface area contributed by atoms with Crippen LogP contribution in [0.15, 0.2) is 53.0 Å². The zero-order chi connectivity index (χ0) is 19.3. The largest absolute Gasteiger partial charge is 0.339 e. The van der Waals surface area contributed by atoms with Crippen LogP contribution in [0.2, 0.25) is 0 Å². The second-order valence-corrected chi connectivity index (χ2v) is 9.12. The third kappa shape index (κ3) is 6.59. The van der Waals surface area contributed by atoms with Gasteiger partial charge in [-0.15, -0.1) is 0 Å². The molecule has 2 rings (SSSR count). The number of amides is 1. The minimum atomic E-state index is -1.82. The molecule has 0 aromatic heterocycles. The summed E-state index contributed by atoms with van der Waals surface area (Å²) in [5.41, 5.74) is 2.27. The molecule has 26 heavy (non-hydrogen) atoms. The molecular formula is C17H15BrCl3N3OS. The quantitative estimate of drug-likeness (QED) is 0.311. The topological polar surface area (TPSA) is 53.2 Å². The molecule has 2 aromatic carbocycles. The fourth-order valence-electron chi connectivity index (χ4n) is 2.04. The molecule has 3 N–H and O–H groups in total. The van der Waals surface area contributed by atoms with Crippen molar-refractivity contribution in [2.24, 2.45) is 0 Å². The highest BCUT2D eigenvalue weighted by atomic mass is 79.9. The van der Waals surface area contributed by atoms with Crippen molar-refractivity contribution in [2.75, 3.05) is 5.32 Å². The fraction of sp³-hybridized carbons (Fsp3) is 0.176. The monoisotopic (exact) mass is 493 g/mol. The minimum Gasteiger partial charge on any atom is -0.339 e. The first-order valence-electron chi connectivity index (χ1n) is 7.42. The van der Waals surface area contributed by atoms with Gasteiger partial charge in [0.05, 0.1) is 0 Å². The first-order valence-corrected chi connectivity index (χ1v) is 9.76. The SMILES string of the molecule is Cc1cccc(NC(=S)N[C@@H](NC(=O)c2ccc(Br)cc2)C(Cl)(Cl)Cl)c1. The lowest BCUT2D eigenvalue weighted by Gasteiger charge is -2.27. The molecule has 0 heterocycles. The fourth-order valence-corrected chi connectivity index (χ4v) is 2.86. The van der Waals surface area contributed by atoms with Crippen LogP contribution in [-0.2, 0) is 0 Å². The number of hydrogen-bond acceptors (Lipinski definition) is 2. The third-order valence-corrected chi connectivity index (χ3v) is 4.66. The Labute approximate surface area is 180 Å². The Bertz CT molecular complexity index is 797. The van der Waals surface area contributed by atoms with E-state index in [1.54, 1.807) is 24.3 Å². The van der Waals surface area contributed by atoms with Gasteiger partial charge in [0.15, 0.2) is 5.11 Å². The second kappa shape index (κ2) is 9.24. The lowest BCUT2D eigenvalue weighted by Crippen LogP contribution is -2.56. The van der Waals surface area contributed by atoms with Gasteiger partial charge >= 0.3 is 0 Å². The van der Waals surface area contributed by atoms with Crippen molar-refractivity contribution in [3.8, 4) is 0 Å². The average Bonchev–Trinajstić information content (AvgIpc) is 2.53. The molecule has 0 fully saturated rings. The number of aryl methyl sites for hydroxylation is 1. The molecule has 1 amide bonds. The summed E-state index contributed by atoms with van der Waals surface area (Å²) in [4.78, 5) is 12.4. The highest BCUT2D eigenvalue weighted by Crippen LogP contribution is 2.29. The highest BCUT2D eigenvalue weighted by molar-refractivity contribution is 9.10. The normalized spacial score (nSPS) is 12.2. The third-order valence-electron chi connectivity index (χ3n) is 3.26. The van der Waals surface area contributed by atoms with E-state index >= 15 is 0 Å². The van der Waals surface area contributed by atoms with Gasteiger partial charge in [-0.05, 0) is 61.1 Å². The van der Waals surface area contributed by atoms with E-state index < -0.39 is 15.9 Å². The van der Waals surface area contributed by atoms with E-state index in [0.29, 0.717) is 5.56 Å². The number of alkyl halides is 3. The second-order valence-electron chi connectivity index (χ2n) is 5.42. The van der Waals surface area contributed by atoms with E-state index in [0.717, 1.165) is 15.7 Å². The Morgan fingerprint density at radius 2 is 1.77 bits per heavy atom. The van der Waals surface area contributed by atoms with Crippen LogP contribution in [0.4, 0.5) is 5.69 Å². The van der Waals surface area contributed by atoms with E-state index in [9.17, 15) is 4.79 Å². The Morgan fingerprint density at radius 1 is 1.12 bits per heavy atom. The Balaban J connectivity index is 2.06. The summed E-state index contributed by atoms with van der Waals surface area (Å²) in [6.45, 7) is 1.96. The molecule has 1 atom stereocenters. The Hall–Kier alpha value is -1.05. The van der Waals surface area contributed by atoms with Crippen LogP contribution in [0.5, 0.6) is 0 Å². The molecule has 0 unspecified atom stereocenters. The van der Waals surface area contributed by atoms with E-state index in [1.807, 2.05) is 31.2 Å². The standard InChI is InChI=1S/C17H15BrCl3N3OS/c1-10-3-2-4-13(9-10)22-16(26)24-15(17(19,20)21)23-14(25)11-5-7-12(18)8-6-11/h2-9,15H,1H3,(H,23,25)(H2,22,24,26)/t15-/m1/s1. The maximum atomic E-state index is 12.4. The minimum absolute atomic E-state index is 0.211. The number of thiocarbonyl (C=S) groups is 1. The van der Waals surface area contributed by atoms with E-state index in [4.69, 9.17) is 47.0 Å². The molecule has 0 aliphatic rings. The summed E-state index contributed by atoms with van der Waals surface area (Å²) >= 11 is 26.5. The summed E-state index contributed by atoms with van der Waals surface area (Å²) in [5.74, 6) is -0.403. The number of nitrogens with one attached hydrogen (secondary N) is 3. The number of carbonyl (C=O) groups is 1. The predicted molar refractivity (Wildman–Crippen MR) is 116 cm³/mol. The van der Waals surface area contributed by atoms with Crippen LogP contribution >= 0.6 is 63.0 Å². The number of halogens is 4. The van der Waals surface area contributed by atoms with Crippen molar-refractivity contribution in [3.63, 3.8) is 0 Å². The van der Waals surface area contributed by atoms with Gasteiger partial charge in [-0.25, -0.2) is 0 Å². The number of anilines is 1. The van der Waals surface area contributed by atoms with Crippen LogP contribution in [0.25, 0.3) is 0 Å². The summed E-state index contributed by atoms with van der Waals surface area (Å²) in [7, 11) is 0. The van der Waals surface area contributed by atoms with Gasteiger partial charge in [0.25, 0.3) is 5.91 Å². The molecule has 0 aliphatic heterocycles. The number of carbonyl (C=O) groups excluding carboxylic acids is 1. The maximum Gasteiger partial charge on any atom is 0.252 e. The van der Waals surface area contributed by atoms with Crippen molar-refractivity contribution in [3.05, 3.63) is 64.1 Å². The van der Waals surface area contributed by atoms with E-state index in [1.165, 1.54) is 0 Å². The molecule has 0 radical (unpaired) electrons. The summed E-state index contributed by atoms with van der Waals surface area (Å²) in [5, 5.41) is 8.66. The molecule has 0 saturated carbocycles. The summed E-state index contributed by atoms with van der Waals surface area (Å²) in [6.07, 6.45) is -1.03. The van der Waals surface area contributed by atoms with Crippen LogP contribution in [0.3, 0.4) is 0 Å². The predicted octanol–water partition coefficient (Wildman–Crippen LogP) is 5.17. The number of rotatable bonds is 4.